The number of nitrogens with one attached hydrogen (secondary N) is 1. The van der Waals surface area contributed by atoms with E-state index >= 15 is 0 Å². The van der Waals surface area contributed by atoms with Gasteiger partial charge in [0.25, 0.3) is 11.5 Å². The lowest BCUT2D eigenvalue weighted by Gasteiger charge is -2.36. The molecule has 1 fully saturated rings. The fraction of sp³-hybridized carbons (Fsp3) is 0.409. The molecule has 1 aromatic heterocycles. The zero-order valence-corrected chi connectivity index (χ0v) is 16.3. The predicted molar refractivity (Wildman–Crippen MR) is 107 cm³/mol. The maximum Gasteiger partial charge on any atom is 0.261 e. The molecule has 6 nitrogen and oxygen atoms in total. The highest BCUT2D eigenvalue weighted by molar-refractivity contribution is 6.00. The summed E-state index contributed by atoms with van der Waals surface area (Å²) in [6.07, 6.45) is 4.43. The van der Waals surface area contributed by atoms with Crippen LogP contribution in [0.2, 0.25) is 0 Å². The summed E-state index contributed by atoms with van der Waals surface area (Å²) in [7, 11) is 0. The van der Waals surface area contributed by atoms with Gasteiger partial charge in [0.15, 0.2) is 5.78 Å². The van der Waals surface area contributed by atoms with E-state index in [1.807, 2.05) is 12.1 Å². The number of rotatable bonds is 5. The average Bonchev–Trinajstić information content (AvgIpc) is 2.67. The molecular weight excluding hydrogens is 356 g/mol. The van der Waals surface area contributed by atoms with E-state index in [1.165, 1.54) is 13.0 Å². The Labute approximate surface area is 164 Å². The Morgan fingerprint density at radius 3 is 2.57 bits per heavy atom. The van der Waals surface area contributed by atoms with Crippen LogP contribution < -0.4 is 5.56 Å². The molecule has 28 heavy (non-hydrogen) atoms. The lowest BCUT2D eigenvalue weighted by atomic mass is 9.95. The van der Waals surface area contributed by atoms with Crippen LogP contribution in [0.15, 0.2) is 35.1 Å². The number of likely N-dealkylation sites (tertiary alicyclic amines) is 1. The average molecular weight is 382 g/mol. The fourth-order valence-electron chi connectivity index (χ4n) is 3.87. The normalized spacial score (nSPS) is 16.8. The summed E-state index contributed by atoms with van der Waals surface area (Å²) in [5, 5.41) is 9.41. The van der Waals surface area contributed by atoms with Crippen molar-refractivity contribution in [2.75, 3.05) is 6.54 Å². The smallest absolute Gasteiger partial charge is 0.261 e. The molecule has 1 unspecified atom stereocenters. The van der Waals surface area contributed by atoms with Gasteiger partial charge in [-0.3, -0.25) is 14.4 Å². The van der Waals surface area contributed by atoms with Gasteiger partial charge in [0.2, 0.25) is 0 Å². The van der Waals surface area contributed by atoms with Crippen LogP contribution in [0.1, 0.15) is 64.6 Å². The molecule has 0 spiro atoms. The molecule has 0 aliphatic carbocycles. The summed E-state index contributed by atoms with van der Waals surface area (Å²) in [6, 6.07) is 8.58. The van der Waals surface area contributed by atoms with Gasteiger partial charge in [0.05, 0.1) is 0 Å². The van der Waals surface area contributed by atoms with E-state index in [9.17, 15) is 19.5 Å². The van der Waals surface area contributed by atoms with Gasteiger partial charge in [-0.05, 0) is 69.7 Å². The number of aryl methyl sites for hydroxylation is 2. The number of carbonyl (C=O) groups is 2. The number of ketones is 1. The van der Waals surface area contributed by atoms with E-state index in [1.54, 1.807) is 24.0 Å². The van der Waals surface area contributed by atoms with E-state index in [0.717, 1.165) is 37.7 Å². The second kappa shape index (κ2) is 8.42. The van der Waals surface area contributed by atoms with Gasteiger partial charge < -0.3 is 15.0 Å². The fourth-order valence-corrected chi connectivity index (χ4v) is 3.87. The highest BCUT2D eigenvalue weighted by Crippen LogP contribution is 2.24. The van der Waals surface area contributed by atoms with Crippen LogP contribution in [0.5, 0.6) is 5.75 Å². The molecule has 1 saturated heterocycles. The molecule has 3 rings (SSSR count). The number of aromatic amines is 1. The standard InChI is InChI=1S/C22H26N2O4/c1-14-19(15(2)25)13-20(21(27)23-14)22(28)24-12-4-3-5-17(24)9-6-16-7-10-18(26)11-8-16/h7-8,10-11,13,17,26H,3-6,9,12H2,1-2H3,(H,23,27). The van der Waals surface area contributed by atoms with Gasteiger partial charge in [-0.15, -0.1) is 0 Å². The van der Waals surface area contributed by atoms with Crippen molar-refractivity contribution in [2.45, 2.75) is 52.0 Å². The van der Waals surface area contributed by atoms with E-state index in [0.29, 0.717) is 17.8 Å². The number of benzene rings is 1. The van der Waals surface area contributed by atoms with Crippen molar-refractivity contribution in [3.8, 4) is 5.75 Å². The predicted octanol–water partition coefficient (Wildman–Crippen LogP) is 3.22. The number of hydrogen-bond acceptors (Lipinski definition) is 4. The Balaban J connectivity index is 1.80. The second-order valence-corrected chi connectivity index (χ2v) is 7.46. The molecule has 0 bridgehead atoms. The van der Waals surface area contributed by atoms with E-state index in [4.69, 9.17) is 0 Å². The molecule has 1 aliphatic rings. The zero-order chi connectivity index (χ0) is 20.3. The van der Waals surface area contributed by atoms with Gasteiger partial charge >= 0.3 is 0 Å². The van der Waals surface area contributed by atoms with Crippen LogP contribution in [-0.4, -0.2) is 39.3 Å². The summed E-state index contributed by atoms with van der Waals surface area (Å²) in [4.78, 5) is 41.7. The van der Waals surface area contributed by atoms with Gasteiger partial charge in [0, 0.05) is 23.8 Å². The Bertz CT molecular complexity index is 931. The number of hydrogen-bond donors (Lipinski definition) is 2. The number of nitrogens with zero attached hydrogens (tertiary/aromatic N) is 1. The molecule has 6 heteroatoms. The monoisotopic (exact) mass is 382 g/mol. The van der Waals surface area contributed by atoms with Crippen molar-refractivity contribution in [3.63, 3.8) is 0 Å². The number of carbonyl (C=O) groups excluding carboxylic acids is 2. The van der Waals surface area contributed by atoms with Crippen molar-refractivity contribution in [3.05, 3.63) is 63.1 Å². The molecule has 2 aromatic rings. The number of amides is 1. The van der Waals surface area contributed by atoms with Gasteiger partial charge in [0.1, 0.15) is 11.3 Å². The van der Waals surface area contributed by atoms with Crippen molar-refractivity contribution in [2.24, 2.45) is 0 Å². The molecule has 0 radical (unpaired) electrons. The highest BCUT2D eigenvalue weighted by Gasteiger charge is 2.29. The number of phenols is 1. The number of H-pyrrole nitrogens is 1. The van der Waals surface area contributed by atoms with Crippen LogP contribution in [0.3, 0.4) is 0 Å². The van der Waals surface area contributed by atoms with Crippen molar-refractivity contribution < 1.29 is 14.7 Å². The third-order valence-corrected chi connectivity index (χ3v) is 5.44. The summed E-state index contributed by atoms with van der Waals surface area (Å²) in [5.41, 5.74) is 1.54. The summed E-state index contributed by atoms with van der Waals surface area (Å²) >= 11 is 0. The maximum atomic E-state index is 13.1. The quantitative estimate of drug-likeness (QED) is 0.777. The minimum atomic E-state index is -0.449. The molecule has 2 N–H and O–H groups in total. The van der Waals surface area contributed by atoms with E-state index in [-0.39, 0.29) is 29.0 Å². The molecule has 1 atom stereocenters. The molecule has 2 heterocycles. The topological polar surface area (TPSA) is 90.5 Å². The lowest BCUT2D eigenvalue weighted by molar-refractivity contribution is 0.0600. The first-order chi connectivity index (χ1) is 13.4. The second-order valence-electron chi connectivity index (χ2n) is 7.46. The first-order valence-electron chi connectivity index (χ1n) is 9.70. The number of phenolic OH excluding ortho intramolecular Hbond substituents is 1. The molecular formula is C22H26N2O4. The molecule has 0 saturated carbocycles. The SMILES string of the molecule is CC(=O)c1cc(C(=O)N2CCCCC2CCc2ccc(O)cc2)c(=O)[nH]c1C. The first-order valence-corrected chi connectivity index (χ1v) is 9.70. The number of piperidine rings is 1. The molecule has 148 valence electrons. The van der Waals surface area contributed by atoms with Crippen LogP contribution >= 0.6 is 0 Å². The van der Waals surface area contributed by atoms with Crippen LogP contribution in [0.25, 0.3) is 0 Å². The molecule has 1 aliphatic heterocycles. The van der Waals surface area contributed by atoms with Crippen molar-refractivity contribution in [1.29, 1.82) is 0 Å². The Hall–Kier alpha value is -2.89. The number of aromatic hydroxyl groups is 1. The van der Waals surface area contributed by atoms with Crippen LogP contribution in [-0.2, 0) is 6.42 Å². The number of pyridine rings is 1. The van der Waals surface area contributed by atoms with Crippen molar-refractivity contribution in [1.82, 2.24) is 9.88 Å². The van der Waals surface area contributed by atoms with E-state index in [2.05, 4.69) is 4.98 Å². The number of aromatic nitrogens is 1. The third-order valence-electron chi connectivity index (χ3n) is 5.44. The van der Waals surface area contributed by atoms with Gasteiger partial charge in [-0.25, -0.2) is 0 Å². The van der Waals surface area contributed by atoms with Crippen LogP contribution in [0.4, 0.5) is 0 Å². The summed E-state index contributed by atoms with van der Waals surface area (Å²) < 4.78 is 0. The summed E-state index contributed by atoms with van der Waals surface area (Å²) in [5.74, 6) is -0.248. The lowest BCUT2D eigenvalue weighted by Crippen LogP contribution is -2.45. The summed E-state index contributed by atoms with van der Waals surface area (Å²) in [6.45, 7) is 3.70. The number of Topliss-reactive ketones (excluding diaryl/α,β-unsaturated/α-hetero) is 1. The van der Waals surface area contributed by atoms with Gasteiger partial charge in [-0.1, -0.05) is 12.1 Å². The Kier molecular flexibility index (Phi) is 5.97. The van der Waals surface area contributed by atoms with Gasteiger partial charge in [-0.2, -0.15) is 0 Å². The zero-order valence-electron chi connectivity index (χ0n) is 16.3. The largest absolute Gasteiger partial charge is 0.508 e. The third kappa shape index (κ3) is 4.32. The molecule has 1 aromatic carbocycles. The minimum Gasteiger partial charge on any atom is -0.508 e. The maximum absolute atomic E-state index is 13.1. The van der Waals surface area contributed by atoms with Crippen LogP contribution in [0, 0.1) is 6.92 Å². The Morgan fingerprint density at radius 2 is 1.89 bits per heavy atom. The molecule has 1 amide bonds. The van der Waals surface area contributed by atoms with E-state index < -0.39 is 5.56 Å². The minimum absolute atomic E-state index is 0.0346. The highest BCUT2D eigenvalue weighted by atomic mass is 16.3. The first kappa shape index (κ1) is 19.9. The van der Waals surface area contributed by atoms with Crippen molar-refractivity contribution >= 4 is 11.7 Å². The Morgan fingerprint density at radius 1 is 1.18 bits per heavy atom.